The molecule has 0 saturated heterocycles. The molecule has 1 amide bonds. The number of halogens is 1. The second-order valence-corrected chi connectivity index (χ2v) is 6.66. The van der Waals surface area contributed by atoms with Crippen LogP contribution in [0.2, 0.25) is 0 Å². The zero-order valence-electron chi connectivity index (χ0n) is 14.0. The Balaban J connectivity index is 1.64. The molecule has 1 aliphatic rings. The Kier molecular flexibility index (Phi) is 5.28. The van der Waals surface area contributed by atoms with Gasteiger partial charge in [-0.25, -0.2) is 4.39 Å². The quantitative estimate of drug-likeness (QED) is 0.881. The lowest BCUT2D eigenvalue weighted by atomic mass is 9.91. The van der Waals surface area contributed by atoms with Gasteiger partial charge < -0.3 is 5.32 Å². The number of nitrogens with one attached hydrogen (secondary N) is 1. The minimum atomic E-state index is -0.244. The van der Waals surface area contributed by atoms with Crippen molar-refractivity contribution in [1.29, 1.82) is 0 Å². The van der Waals surface area contributed by atoms with E-state index in [1.54, 1.807) is 23.0 Å². The number of aryl methyl sites for hydroxylation is 2. The number of nitrogens with zero attached hydrogens (tertiary/aromatic N) is 2. The molecule has 0 aliphatic heterocycles. The summed E-state index contributed by atoms with van der Waals surface area (Å²) in [4.78, 5) is 12.4. The van der Waals surface area contributed by atoms with Crippen molar-refractivity contribution < 1.29 is 9.18 Å². The van der Waals surface area contributed by atoms with Crippen molar-refractivity contribution in [1.82, 2.24) is 15.1 Å². The van der Waals surface area contributed by atoms with Crippen LogP contribution in [0.15, 0.2) is 36.7 Å². The topological polar surface area (TPSA) is 46.9 Å². The third-order valence-corrected chi connectivity index (χ3v) is 4.82. The molecular formula is C19H24FN3O. The Morgan fingerprint density at radius 2 is 2.04 bits per heavy atom. The number of rotatable bonds is 6. The van der Waals surface area contributed by atoms with Gasteiger partial charge in [0.1, 0.15) is 5.82 Å². The molecule has 1 aromatic heterocycles. The van der Waals surface area contributed by atoms with Gasteiger partial charge in [-0.2, -0.15) is 5.10 Å². The summed E-state index contributed by atoms with van der Waals surface area (Å²) in [6.07, 6.45) is 9.48. The van der Waals surface area contributed by atoms with E-state index in [4.69, 9.17) is 0 Å². The number of hydrogen-bond donors (Lipinski definition) is 1. The maximum Gasteiger partial charge on any atom is 0.220 e. The number of amides is 1. The van der Waals surface area contributed by atoms with Gasteiger partial charge in [-0.1, -0.05) is 25.0 Å². The van der Waals surface area contributed by atoms with Crippen LogP contribution in [0.3, 0.4) is 0 Å². The first kappa shape index (κ1) is 16.7. The summed E-state index contributed by atoms with van der Waals surface area (Å²) in [6, 6.07) is 6.51. The van der Waals surface area contributed by atoms with Crippen molar-refractivity contribution in [3.05, 3.63) is 53.6 Å². The van der Waals surface area contributed by atoms with E-state index in [2.05, 4.69) is 10.4 Å². The van der Waals surface area contributed by atoms with Gasteiger partial charge >= 0.3 is 0 Å². The van der Waals surface area contributed by atoms with E-state index in [0.29, 0.717) is 18.8 Å². The molecule has 128 valence electrons. The predicted molar refractivity (Wildman–Crippen MR) is 90.8 cm³/mol. The summed E-state index contributed by atoms with van der Waals surface area (Å²) in [6.45, 7) is 0. The number of benzene rings is 1. The fourth-order valence-corrected chi connectivity index (χ4v) is 3.54. The number of carbonyl (C=O) groups excluding carboxylic acids is 1. The average molecular weight is 329 g/mol. The van der Waals surface area contributed by atoms with Crippen molar-refractivity contribution in [2.75, 3.05) is 0 Å². The first-order valence-corrected chi connectivity index (χ1v) is 8.64. The molecular weight excluding hydrogens is 305 g/mol. The number of hydrogen-bond acceptors (Lipinski definition) is 2. The Morgan fingerprint density at radius 3 is 2.67 bits per heavy atom. The van der Waals surface area contributed by atoms with Gasteiger partial charge in [-0.05, 0) is 48.4 Å². The molecule has 0 bridgehead atoms. The van der Waals surface area contributed by atoms with Crippen molar-refractivity contribution in [3.8, 4) is 0 Å². The molecule has 2 aromatic rings. The van der Waals surface area contributed by atoms with Gasteiger partial charge in [0.15, 0.2) is 0 Å². The van der Waals surface area contributed by atoms with E-state index >= 15 is 0 Å². The fourth-order valence-electron chi connectivity index (χ4n) is 3.54. The van der Waals surface area contributed by atoms with Gasteiger partial charge in [0, 0.05) is 19.7 Å². The molecule has 0 unspecified atom stereocenters. The van der Waals surface area contributed by atoms with E-state index in [1.807, 2.05) is 13.2 Å². The van der Waals surface area contributed by atoms with E-state index in [1.165, 1.54) is 25.0 Å². The largest absolute Gasteiger partial charge is 0.349 e. The van der Waals surface area contributed by atoms with Crippen LogP contribution in [0.25, 0.3) is 0 Å². The standard InChI is InChI=1S/C19H24FN3O/c1-23-13-14(12-21-23)6-11-18(24)22-19(15-4-2-3-5-15)16-7-9-17(20)10-8-16/h7-10,12-13,15,19H,2-6,11H2,1H3,(H,22,24)/t19-/m1/s1. The van der Waals surface area contributed by atoms with E-state index < -0.39 is 0 Å². The van der Waals surface area contributed by atoms with Crippen LogP contribution in [-0.4, -0.2) is 15.7 Å². The lowest BCUT2D eigenvalue weighted by Gasteiger charge is -2.25. The van der Waals surface area contributed by atoms with Crippen LogP contribution in [0.4, 0.5) is 4.39 Å². The molecule has 24 heavy (non-hydrogen) atoms. The summed E-state index contributed by atoms with van der Waals surface area (Å²) in [5.41, 5.74) is 2.06. The number of aromatic nitrogens is 2. The van der Waals surface area contributed by atoms with Gasteiger partial charge in [0.2, 0.25) is 5.91 Å². The SMILES string of the molecule is Cn1cc(CCC(=O)N[C@@H](c2ccc(F)cc2)C2CCCC2)cn1. The van der Waals surface area contributed by atoms with Gasteiger partial charge in [-0.3, -0.25) is 9.48 Å². The molecule has 1 N–H and O–H groups in total. The Morgan fingerprint density at radius 1 is 1.33 bits per heavy atom. The molecule has 1 aromatic carbocycles. The first-order chi connectivity index (χ1) is 11.6. The van der Waals surface area contributed by atoms with E-state index in [0.717, 1.165) is 24.0 Å². The molecule has 1 atom stereocenters. The summed E-state index contributed by atoms with van der Waals surface area (Å²) < 4.78 is 14.9. The Labute approximate surface area is 142 Å². The second-order valence-electron chi connectivity index (χ2n) is 6.66. The molecule has 1 heterocycles. The summed E-state index contributed by atoms with van der Waals surface area (Å²) in [5, 5.41) is 7.31. The van der Waals surface area contributed by atoms with Crippen molar-refractivity contribution >= 4 is 5.91 Å². The van der Waals surface area contributed by atoms with Crippen molar-refractivity contribution in [2.45, 2.75) is 44.6 Å². The zero-order chi connectivity index (χ0) is 16.9. The molecule has 1 fully saturated rings. The third-order valence-electron chi connectivity index (χ3n) is 4.82. The molecule has 5 heteroatoms. The van der Waals surface area contributed by atoms with Crippen LogP contribution >= 0.6 is 0 Å². The van der Waals surface area contributed by atoms with Crippen LogP contribution in [-0.2, 0) is 18.3 Å². The van der Waals surface area contributed by atoms with Crippen LogP contribution < -0.4 is 5.32 Å². The van der Waals surface area contributed by atoms with E-state index in [9.17, 15) is 9.18 Å². The minimum absolute atomic E-state index is 0.0190. The van der Waals surface area contributed by atoms with Crippen LogP contribution in [0.5, 0.6) is 0 Å². The maximum absolute atomic E-state index is 13.2. The highest BCUT2D eigenvalue weighted by atomic mass is 19.1. The summed E-state index contributed by atoms with van der Waals surface area (Å²) in [7, 11) is 1.87. The smallest absolute Gasteiger partial charge is 0.220 e. The molecule has 0 radical (unpaired) electrons. The summed E-state index contributed by atoms with van der Waals surface area (Å²) >= 11 is 0. The highest BCUT2D eigenvalue weighted by Gasteiger charge is 2.27. The first-order valence-electron chi connectivity index (χ1n) is 8.64. The molecule has 1 saturated carbocycles. The zero-order valence-corrected chi connectivity index (χ0v) is 14.0. The van der Waals surface area contributed by atoms with E-state index in [-0.39, 0.29) is 17.8 Å². The normalized spacial score (nSPS) is 16.2. The average Bonchev–Trinajstić information content (AvgIpc) is 3.23. The predicted octanol–water partition coefficient (Wildman–Crippen LogP) is 3.54. The molecule has 0 spiro atoms. The van der Waals surface area contributed by atoms with Crippen LogP contribution in [0.1, 0.15) is 49.3 Å². The molecule has 4 nitrogen and oxygen atoms in total. The summed E-state index contributed by atoms with van der Waals surface area (Å²) in [5.74, 6) is 0.240. The molecule has 3 rings (SSSR count). The Hall–Kier alpha value is -2.17. The monoisotopic (exact) mass is 329 g/mol. The van der Waals surface area contributed by atoms with Crippen molar-refractivity contribution in [3.63, 3.8) is 0 Å². The lowest BCUT2D eigenvalue weighted by molar-refractivity contribution is -0.122. The van der Waals surface area contributed by atoms with Crippen molar-refractivity contribution in [2.24, 2.45) is 13.0 Å². The third kappa shape index (κ3) is 4.22. The number of carbonyl (C=O) groups is 1. The second kappa shape index (κ2) is 7.60. The fraction of sp³-hybridized carbons (Fsp3) is 0.474. The Bertz CT molecular complexity index is 674. The minimum Gasteiger partial charge on any atom is -0.349 e. The van der Waals surface area contributed by atoms with Gasteiger partial charge in [0.25, 0.3) is 0 Å². The molecule has 1 aliphatic carbocycles. The highest BCUT2D eigenvalue weighted by Crippen LogP contribution is 2.35. The highest BCUT2D eigenvalue weighted by molar-refractivity contribution is 5.76. The van der Waals surface area contributed by atoms with Crippen LogP contribution in [0, 0.1) is 11.7 Å². The van der Waals surface area contributed by atoms with Gasteiger partial charge in [-0.15, -0.1) is 0 Å². The van der Waals surface area contributed by atoms with Gasteiger partial charge in [0.05, 0.1) is 12.2 Å². The lowest BCUT2D eigenvalue weighted by Crippen LogP contribution is -2.32. The maximum atomic E-state index is 13.2.